The molecule has 2 aliphatic carbocycles. The largest absolute Gasteiger partial charge is 0.310 e. The van der Waals surface area contributed by atoms with Gasteiger partial charge in [0.05, 0.1) is 11.5 Å². The number of hydrogen-bond acceptors (Lipinski definition) is 8. The Morgan fingerprint density at radius 2 is 1.03 bits per heavy atom. The lowest BCUT2D eigenvalue weighted by Crippen LogP contribution is -2.28. The van der Waals surface area contributed by atoms with Crippen LogP contribution in [0.2, 0.25) is 0 Å². The number of thiophene rings is 2. The highest BCUT2D eigenvalue weighted by atomic mass is 32.2. The third kappa shape index (κ3) is 9.21. The van der Waals surface area contributed by atoms with Gasteiger partial charge in [-0.15, -0.1) is 32.7 Å². The van der Waals surface area contributed by atoms with Crippen LogP contribution in [0.1, 0.15) is 139 Å². The first kappa shape index (κ1) is 49.4. The van der Waals surface area contributed by atoms with Gasteiger partial charge in [0.15, 0.2) is 4.32 Å². The van der Waals surface area contributed by atoms with Crippen LogP contribution in [0.3, 0.4) is 0 Å². The highest BCUT2D eigenvalue weighted by Crippen LogP contribution is 2.58. The molecular weight excluding hydrogens is 949 g/mol. The van der Waals surface area contributed by atoms with Crippen LogP contribution >= 0.6 is 46.7 Å². The number of carbonyl (C=O) groups is 1. The van der Waals surface area contributed by atoms with E-state index < -0.39 is 0 Å². The van der Waals surface area contributed by atoms with E-state index in [1.54, 1.807) is 29.6 Å². The second-order valence-electron chi connectivity index (χ2n) is 19.3. The fourth-order valence-corrected chi connectivity index (χ4v) is 14.8. The first-order valence-corrected chi connectivity index (χ1v) is 28.8. The van der Waals surface area contributed by atoms with Crippen LogP contribution in [-0.4, -0.2) is 21.9 Å². The number of anilines is 3. The Morgan fingerprint density at radius 3 is 1.56 bits per heavy atom. The lowest BCUT2D eigenvalue weighted by Gasteiger charge is -2.35. The Kier molecular flexibility index (Phi) is 15.0. The molecule has 2 aromatic heterocycles. The van der Waals surface area contributed by atoms with Gasteiger partial charge in [-0.25, -0.2) is 4.89 Å². The van der Waals surface area contributed by atoms with Crippen LogP contribution in [0.5, 0.6) is 0 Å². The number of carbonyl (C=O) groups excluding carboxylic acids is 1. The first-order valence-electron chi connectivity index (χ1n) is 25.9. The maximum Gasteiger partial charge on any atom is 0.292 e. The highest BCUT2D eigenvalue weighted by Gasteiger charge is 2.44. The van der Waals surface area contributed by atoms with Gasteiger partial charge in [-0.05, 0) is 162 Å². The maximum absolute atomic E-state index is 13.0. The van der Waals surface area contributed by atoms with Crippen LogP contribution in [0.25, 0.3) is 48.5 Å². The fraction of sp³-hybridized carbons (Fsp3) is 0.323. The number of rotatable bonds is 21. The normalized spacial score (nSPS) is 15.6. The van der Waals surface area contributed by atoms with E-state index in [9.17, 15) is 4.79 Å². The van der Waals surface area contributed by atoms with Crippen LogP contribution in [-0.2, 0) is 25.5 Å². The summed E-state index contributed by atoms with van der Waals surface area (Å²) in [6, 6.07) is 51.2. The van der Waals surface area contributed by atoms with Crippen molar-refractivity contribution in [3.8, 4) is 42.4 Å². The van der Waals surface area contributed by atoms with Gasteiger partial charge in [-0.2, -0.15) is 0 Å². The SMILES string of the molecule is CCCCC1(CCCC)c2ccccc2-c2ccc(N(c3ccc(-c4ccc(-c5ccc(/C=C6\SC(=S)N(OOCC)C6=O)s5)s4)cc3)c3ccc4c(c3)C(CCCC)(CCCC)c3ccccc3-4)cc21. The van der Waals surface area contributed by atoms with Gasteiger partial charge in [0, 0.05) is 47.4 Å². The Labute approximate surface area is 438 Å². The van der Waals surface area contributed by atoms with Gasteiger partial charge in [-0.1, -0.05) is 164 Å². The van der Waals surface area contributed by atoms with E-state index in [0.29, 0.717) is 15.8 Å². The summed E-state index contributed by atoms with van der Waals surface area (Å²) >= 11 is 10.0. The monoisotopic (exact) mass is 1010 g/mol. The molecule has 1 fully saturated rings. The van der Waals surface area contributed by atoms with E-state index in [0.717, 1.165) is 46.2 Å². The number of hydrogen-bond donors (Lipinski definition) is 0. The average Bonchev–Trinajstić information content (AvgIpc) is 4.23. The van der Waals surface area contributed by atoms with Gasteiger partial charge in [0.1, 0.15) is 0 Å². The molecule has 1 aliphatic heterocycles. The Hall–Kier alpha value is -5.13. The summed E-state index contributed by atoms with van der Waals surface area (Å²) in [4.78, 5) is 30.7. The number of amides is 1. The smallest absolute Gasteiger partial charge is 0.292 e. The lowest BCUT2D eigenvalue weighted by atomic mass is 9.70. The highest BCUT2D eigenvalue weighted by molar-refractivity contribution is 8.26. The zero-order valence-corrected chi connectivity index (χ0v) is 45.0. The fourth-order valence-electron chi connectivity index (χ4n) is 11.6. The predicted octanol–water partition coefficient (Wildman–Crippen LogP) is 19.0. The standard InChI is InChI=1S/C62H64N2O3S4/c1-6-11-35-61(36-12-7-2)51-21-17-15-19-47(51)49-30-27-44(39-53(49)61)63(45-28-31-50-48-20-16-18-22-52(48)62(37-13-8-3,38-14-9-4)54(50)40-45)43-25-23-42(24-26-43)55-33-34-57(70-55)56-32-29-46(69-56)41-58-59(65)64(60(68)71-58)67-66-10-5/h15-34,39-41H,6-14,35-38H2,1-5H3/b58-41-. The summed E-state index contributed by atoms with van der Waals surface area (Å²) in [6.07, 6.45) is 16.0. The van der Waals surface area contributed by atoms with Gasteiger partial charge in [0.2, 0.25) is 0 Å². The van der Waals surface area contributed by atoms with Crippen LogP contribution in [0.15, 0.2) is 138 Å². The third-order valence-corrected chi connectivity index (χ3v) is 18.6. The van der Waals surface area contributed by atoms with E-state index >= 15 is 0 Å². The van der Waals surface area contributed by atoms with Gasteiger partial charge >= 0.3 is 0 Å². The number of hydroxylamine groups is 2. The molecule has 7 aromatic rings. The minimum Gasteiger partial charge on any atom is -0.310 e. The minimum atomic E-state index is -0.313. The van der Waals surface area contributed by atoms with Crippen molar-refractivity contribution >= 4 is 80.0 Å². The van der Waals surface area contributed by atoms with E-state index in [4.69, 9.17) is 22.1 Å². The molecule has 10 rings (SSSR count). The van der Waals surface area contributed by atoms with E-state index in [1.165, 1.54) is 134 Å². The lowest BCUT2D eigenvalue weighted by molar-refractivity contribution is -0.381. The summed E-state index contributed by atoms with van der Waals surface area (Å²) in [5.74, 6) is -0.313. The van der Waals surface area contributed by atoms with Crippen molar-refractivity contribution < 1.29 is 14.7 Å². The predicted molar refractivity (Wildman–Crippen MR) is 306 cm³/mol. The second-order valence-corrected chi connectivity index (χ2v) is 23.2. The number of thiocarbonyl (C=S) groups is 1. The Morgan fingerprint density at radius 1 is 0.549 bits per heavy atom. The second kappa shape index (κ2) is 21.5. The van der Waals surface area contributed by atoms with E-state index in [2.05, 4.69) is 166 Å². The molecule has 3 aliphatic rings. The average molecular weight is 1010 g/mol. The molecule has 0 bridgehead atoms. The third-order valence-electron chi connectivity index (χ3n) is 15.0. The van der Waals surface area contributed by atoms with Crippen molar-refractivity contribution in [2.24, 2.45) is 0 Å². The first-order chi connectivity index (χ1) is 34.8. The Balaban J connectivity index is 1.04. The van der Waals surface area contributed by atoms with Crippen molar-refractivity contribution in [2.45, 2.75) is 122 Å². The van der Waals surface area contributed by atoms with Crippen molar-refractivity contribution in [1.82, 2.24) is 5.06 Å². The molecule has 3 heterocycles. The number of nitrogens with zero attached hydrogens (tertiary/aromatic N) is 2. The van der Waals surface area contributed by atoms with Crippen LogP contribution < -0.4 is 4.90 Å². The summed E-state index contributed by atoms with van der Waals surface area (Å²) < 4.78 is 0.318. The summed E-state index contributed by atoms with van der Waals surface area (Å²) in [5.41, 5.74) is 16.3. The maximum atomic E-state index is 13.0. The molecular formula is C62H64N2O3S4. The Bertz CT molecular complexity index is 2960. The van der Waals surface area contributed by atoms with Crippen LogP contribution in [0, 0.1) is 0 Å². The van der Waals surface area contributed by atoms with Crippen LogP contribution in [0.4, 0.5) is 17.1 Å². The summed E-state index contributed by atoms with van der Waals surface area (Å²) in [7, 11) is 0. The molecule has 0 unspecified atom stereocenters. The van der Waals surface area contributed by atoms with E-state index in [-0.39, 0.29) is 16.7 Å². The molecule has 71 heavy (non-hydrogen) atoms. The van der Waals surface area contributed by atoms with Gasteiger partial charge in [-0.3, -0.25) is 4.79 Å². The van der Waals surface area contributed by atoms with Crippen molar-refractivity contribution in [2.75, 3.05) is 11.5 Å². The molecule has 0 saturated carbocycles. The van der Waals surface area contributed by atoms with Gasteiger partial charge in [0.25, 0.3) is 5.91 Å². The molecule has 5 nitrogen and oxygen atoms in total. The molecule has 0 spiro atoms. The zero-order chi connectivity index (χ0) is 49.1. The minimum absolute atomic E-state index is 0.0181. The number of fused-ring (bicyclic) bond motifs is 6. The van der Waals surface area contributed by atoms with Crippen molar-refractivity contribution in [3.05, 3.63) is 165 Å². The molecule has 1 amide bonds. The molecule has 1 saturated heterocycles. The molecule has 9 heteroatoms. The number of benzene rings is 5. The molecule has 364 valence electrons. The topological polar surface area (TPSA) is 42.0 Å². The number of unbranched alkanes of at least 4 members (excludes halogenated alkanes) is 4. The summed E-state index contributed by atoms with van der Waals surface area (Å²) in [5, 5.41) is 1.04. The molecule has 0 N–H and O–H groups in total. The van der Waals surface area contributed by atoms with E-state index in [1.807, 2.05) is 6.08 Å². The van der Waals surface area contributed by atoms with Gasteiger partial charge < -0.3 is 4.90 Å². The molecule has 0 radical (unpaired) electrons. The zero-order valence-electron chi connectivity index (χ0n) is 41.7. The number of thioether (sulfide) groups is 1. The summed E-state index contributed by atoms with van der Waals surface area (Å²) in [6.45, 7) is 11.5. The van der Waals surface area contributed by atoms with Crippen molar-refractivity contribution in [1.29, 1.82) is 0 Å². The quantitative estimate of drug-likeness (QED) is 0.0309. The van der Waals surface area contributed by atoms with Crippen molar-refractivity contribution in [3.63, 3.8) is 0 Å². The molecule has 5 aromatic carbocycles. The molecule has 0 atom stereocenters.